The largest absolute Gasteiger partial charge is 0.508 e. The normalized spacial score (nSPS) is 15.3. The molecule has 3 rings (SSSR count). The van der Waals surface area contributed by atoms with Gasteiger partial charge in [0.2, 0.25) is 0 Å². The maximum absolute atomic E-state index is 12.6. The number of allylic oxidation sites excluding steroid dienone is 3. The van der Waals surface area contributed by atoms with Gasteiger partial charge in [0.05, 0.1) is 24.3 Å². The minimum Gasteiger partial charge on any atom is -0.508 e. The summed E-state index contributed by atoms with van der Waals surface area (Å²) in [6.45, 7) is 3.93. The molecule has 1 N–H and O–H groups in total. The minimum atomic E-state index is -5.18. The van der Waals surface area contributed by atoms with Crippen molar-refractivity contribution in [1.82, 2.24) is 4.90 Å². The number of aromatic hydroxyl groups is 1. The Balaban J connectivity index is 0.000000385. The number of likely N-dealkylation sites (N-methyl/N-ethyl adjacent to an activating group) is 1. The summed E-state index contributed by atoms with van der Waals surface area (Å²) in [4.78, 5) is 18.6. The molecule has 1 aliphatic rings. The molecule has 1 aliphatic heterocycles. The molecular formula is C28H29ClF6N2O3. The van der Waals surface area contributed by atoms with E-state index in [2.05, 4.69) is 11.6 Å². The number of carbonyl (C=O) groups is 1. The molecule has 0 atom stereocenters. The summed E-state index contributed by atoms with van der Waals surface area (Å²) in [6, 6.07) is 18.6. The zero-order valence-corrected chi connectivity index (χ0v) is 22.7. The van der Waals surface area contributed by atoms with Crippen molar-refractivity contribution in [3.63, 3.8) is 0 Å². The Bertz CT molecular complexity index is 1180. The van der Waals surface area contributed by atoms with Crippen molar-refractivity contribution < 1.29 is 41.0 Å². The van der Waals surface area contributed by atoms with E-state index in [-0.39, 0.29) is 24.4 Å². The van der Waals surface area contributed by atoms with Crippen molar-refractivity contribution in [3.8, 4) is 5.75 Å². The van der Waals surface area contributed by atoms with Crippen LogP contribution in [0.3, 0.4) is 0 Å². The molecule has 0 unspecified atom stereocenters. The summed E-state index contributed by atoms with van der Waals surface area (Å²) in [7, 11) is 3.20. The van der Waals surface area contributed by atoms with Crippen LogP contribution < -0.4 is 0 Å². The Morgan fingerprint density at radius 2 is 1.57 bits per heavy atom. The molecule has 12 heteroatoms. The van der Waals surface area contributed by atoms with Gasteiger partial charge in [0.1, 0.15) is 23.3 Å². The van der Waals surface area contributed by atoms with Crippen molar-refractivity contribution in [2.24, 2.45) is 10.9 Å². The van der Waals surface area contributed by atoms with Crippen LogP contribution in [0.15, 0.2) is 101 Å². The van der Waals surface area contributed by atoms with Crippen LogP contribution in [0.2, 0.25) is 0 Å². The standard InChI is InChI=1S/C18H19ClN2O2.C6H6O.C4H4F6/c1-4-8-15(23-3)17(19)14-12-20-16(21(2)18(14)22)11-13-9-6-5-7-10-13;7-6-4-2-1-3-5-6;1-2(3(5,6)7)4(8,9)10/h4-10H,1,11-12H2,2-3H3;1-5,7H;2H,1H3/b15-8+,17-14-;;. The van der Waals surface area contributed by atoms with Crippen molar-refractivity contribution in [2.75, 3.05) is 20.7 Å². The van der Waals surface area contributed by atoms with E-state index in [0.29, 0.717) is 23.5 Å². The molecule has 0 aliphatic carbocycles. The highest BCUT2D eigenvalue weighted by Crippen LogP contribution is 2.38. The summed E-state index contributed by atoms with van der Waals surface area (Å²) in [5.74, 6) is -1.95. The van der Waals surface area contributed by atoms with Gasteiger partial charge in [-0.25, -0.2) is 0 Å². The lowest BCUT2D eigenvalue weighted by molar-refractivity contribution is -0.278. The van der Waals surface area contributed by atoms with E-state index < -0.39 is 18.3 Å². The zero-order valence-electron chi connectivity index (χ0n) is 21.9. The topological polar surface area (TPSA) is 62.1 Å². The molecule has 1 heterocycles. The van der Waals surface area contributed by atoms with Crippen LogP contribution >= 0.6 is 11.6 Å². The van der Waals surface area contributed by atoms with Crippen molar-refractivity contribution >= 4 is 23.3 Å². The van der Waals surface area contributed by atoms with Gasteiger partial charge in [0, 0.05) is 13.5 Å². The molecular weight excluding hydrogens is 562 g/mol. The number of alkyl halides is 6. The van der Waals surface area contributed by atoms with E-state index in [9.17, 15) is 31.1 Å². The highest BCUT2D eigenvalue weighted by molar-refractivity contribution is 6.34. The van der Waals surface area contributed by atoms with E-state index in [0.717, 1.165) is 11.4 Å². The molecule has 2 aromatic rings. The highest BCUT2D eigenvalue weighted by Gasteiger charge is 2.53. The highest BCUT2D eigenvalue weighted by atomic mass is 35.5. The van der Waals surface area contributed by atoms with Gasteiger partial charge >= 0.3 is 12.4 Å². The van der Waals surface area contributed by atoms with Crippen LogP contribution in [-0.2, 0) is 16.0 Å². The molecule has 0 saturated carbocycles. The molecule has 40 heavy (non-hydrogen) atoms. The minimum absolute atomic E-state index is 0.0833. The number of rotatable bonds is 5. The van der Waals surface area contributed by atoms with Gasteiger partial charge in [-0.15, -0.1) is 0 Å². The fourth-order valence-electron chi connectivity index (χ4n) is 2.88. The number of ether oxygens (including phenoxy) is 1. The van der Waals surface area contributed by atoms with Gasteiger partial charge in [-0.05, 0) is 30.7 Å². The maximum atomic E-state index is 12.6. The lowest BCUT2D eigenvalue weighted by atomic mass is 10.1. The summed E-state index contributed by atoms with van der Waals surface area (Å²) in [5.41, 5.74) is 1.52. The monoisotopic (exact) mass is 590 g/mol. The second-order valence-corrected chi connectivity index (χ2v) is 8.54. The Morgan fingerprint density at radius 1 is 1.07 bits per heavy atom. The van der Waals surface area contributed by atoms with Crippen LogP contribution in [0.1, 0.15) is 12.5 Å². The molecule has 0 saturated heterocycles. The molecule has 0 radical (unpaired) electrons. The Labute approximate surface area is 233 Å². The lowest BCUT2D eigenvalue weighted by Gasteiger charge is -2.26. The third-order valence-corrected chi connectivity index (χ3v) is 5.70. The van der Waals surface area contributed by atoms with Crippen LogP contribution in [0.25, 0.3) is 0 Å². The number of aliphatic imine (C=N–C) groups is 1. The first-order chi connectivity index (χ1) is 18.6. The van der Waals surface area contributed by atoms with Gasteiger partial charge in [0.15, 0.2) is 0 Å². The molecule has 0 aromatic heterocycles. The number of methoxy groups -OCH3 is 1. The van der Waals surface area contributed by atoms with Crippen LogP contribution in [0.4, 0.5) is 26.3 Å². The van der Waals surface area contributed by atoms with Crippen molar-refractivity contribution in [2.45, 2.75) is 25.7 Å². The predicted molar refractivity (Wildman–Crippen MR) is 143 cm³/mol. The van der Waals surface area contributed by atoms with E-state index in [1.54, 1.807) is 43.5 Å². The first-order valence-electron chi connectivity index (χ1n) is 11.6. The quantitative estimate of drug-likeness (QED) is 0.170. The van der Waals surface area contributed by atoms with E-state index in [4.69, 9.17) is 21.4 Å². The second-order valence-electron chi connectivity index (χ2n) is 8.16. The number of nitrogens with zero attached hydrogens (tertiary/aromatic N) is 2. The number of halogens is 7. The average molecular weight is 591 g/mol. The third-order valence-electron chi connectivity index (χ3n) is 5.28. The Kier molecular flexibility index (Phi) is 13.5. The zero-order chi connectivity index (χ0) is 30.5. The van der Waals surface area contributed by atoms with Gasteiger partial charge in [-0.1, -0.05) is 72.8 Å². The molecule has 2 aromatic carbocycles. The summed E-state index contributed by atoms with van der Waals surface area (Å²) < 4.78 is 72.5. The number of para-hydroxylation sites is 1. The van der Waals surface area contributed by atoms with Crippen LogP contribution in [0.5, 0.6) is 5.75 Å². The molecule has 218 valence electrons. The van der Waals surface area contributed by atoms with Crippen molar-refractivity contribution in [1.29, 1.82) is 0 Å². The van der Waals surface area contributed by atoms with Crippen LogP contribution in [-0.4, -0.2) is 54.8 Å². The number of carbonyl (C=O) groups excluding carboxylic acids is 1. The number of amidine groups is 1. The lowest BCUT2D eigenvalue weighted by Crippen LogP contribution is -2.40. The SMILES string of the molecule is C=C/C=C(OC)\C(Cl)=C1/CN=C(Cc2ccccc2)N(C)C1=O.CC(C(F)(F)F)C(F)(F)F.Oc1ccccc1. The molecule has 1 amide bonds. The first-order valence-corrected chi connectivity index (χ1v) is 12.0. The van der Waals surface area contributed by atoms with Gasteiger partial charge in [-0.3, -0.25) is 14.7 Å². The number of benzene rings is 2. The molecule has 5 nitrogen and oxygen atoms in total. The van der Waals surface area contributed by atoms with Crippen molar-refractivity contribution in [3.05, 3.63) is 101 Å². The summed E-state index contributed by atoms with van der Waals surface area (Å²) in [6.07, 6.45) is -6.58. The molecule has 0 bridgehead atoms. The number of hydrogen-bond donors (Lipinski definition) is 1. The third kappa shape index (κ3) is 11.2. The Morgan fingerprint density at radius 3 is 1.95 bits per heavy atom. The smallest absolute Gasteiger partial charge is 0.400 e. The number of phenols is 1. The average Bonchev–Trinajstić information content (AvgIpc) is 2.90. The predicted octanol–water partition coefficient (Wildman–Crippen LogP) is 7.45. The second kappa shape index (κ2) is 15.8. The number of hydrogen-bond acceptors (Lipinski definition) is 4. The van der Waals surface area contributed by atoms with Gasteiger partial charge in [-0.2, -0.15) is 26.3 Å². The van der Waals surface area contributed by atoms with E-state index in [1.807, 2.05) is 36.4 Å². The van der Waals surface area contributed by atoms with E-state index >= 15 is 0 Å². The molecule has 0 spiro atoms. The Hall–Kier alpha value is -3.73. The maximum Gasteiger partial charge on any atom is 0.400 e. The van der Waals surface area contributed by atoms with Gasteiger partial charge < -0.3 is 9.84 Å². The number of amides is 1. The fraction of sp³-hybridized carbons (Fsp3) is 0.286. The van der Waals surface area contributed by atoms with Gasteiger partial charge in [0.25, 0.3) is 5.91 Å². The fourth-order valence-corrected chi connectivity index (χ4v) is 3.16. The summed E-state index contributed by atoms with van der Waals surface area (Å²) >= 11 is 6.29. The van der Waals surface area contributed by atoms with E-state index in [1.165, 1.54) is 12.0 Å². The molecule has 0 fully saturated rings. The summed E-state index contributed by atoms with van der Waals surface area (Å²) in [5, 5.41) is 8.90. The first kappa shape index (κ1) is 34.3. The van der Waals surface area contributed by atoms with Crippen LogP contribution in [0, 0.1) is 5.92 Å². The number of phenolic OH excluding ortho intramolecular Hbond substituents is 1.